The minimum absolute atomic E-state index is 0.0610. The van der Waals surface area contributed by atoms with Crippen molar-refractivity contribution in [1.82, 2.24) is 20.0 Å². The molecule has 0 atom stereocenters. The van der Waals surface area contributed by atoms with Gasteiger partial charge < -0.3 is 10.2 Å². The van der Waals surface area contributed by atoms with Crippen LogP contribution in [-0.2, 0) is 19.3 Å². The van der Waals surface area contributed by atoms with E-state index in [4.69, 9.17) is 0 Å². The minimum Gasteiger partial charge on any atom is -0.334 e. The normalized spacial score (nSPS) is 15.0. The predicted octanol–water partition coefficient (Wildman–Crippen LogP) is 4.20. The number of rotatable bonds is 6. The largest absolute Gasteiger partial charge is 0.435 e. The number of benzene rings is 1. The van der Waals surface area contributed by atoms with Gasteiger partial charge in [-0.3, -0.25) is 4.68 Å². The van der Waals surface area contributed by atoms with Crippen LogP contribution >= 0.6 is 0 Å². The first-order valence-corrected chi connectivity index (χ1v) is 9.22. The lowest BCUT2D eigenvalue weighted by atomic mass is 10.2. The quantitative estimate of drug-likeness (QED) is 0.742. The highest BCUT2D eigenvalue weighted by Crippen LogP contribution is 2.27. The maximum absolute atomic E-state index is 13.0. The number of nitrogens with zero attached hydrogens (tertiary/aromatic N) is 3. The maximum Gasteiger partial charge on any atom is 0.435 e. The van der Waals surface area contributed by atoms with Crippen molar-refractivity contribution in [2.24, 2.45) is 0 Å². The lowest BCUT2D eigenvalue weighted by Crippen LogP contribution is -2.46. The molecule has 0 unspecified atom stereocenters. The van der Waals surface area contributed by atoms with E-state index in [2.05, 4.69) is 10.4 Å². The highest BCUT2D eigenvalue weighted by Gasteiger charge is 2.33. The van der Waals surface area contributed by atoms with Crippen LogP contribution in [0.2, 0.25) is 0 Å². The summed E-state index contributed by atoms with van der Waals surface area (Å²) >= 11 is 0. The summed E-state index contributed by atoms with van der Waals surface area (Å²) < 4.78 is 52.2. The van der Waals surface area contributed by atoms with Gasteiger partial charge in [0.2, 0.25) is 0 Å². The van der Waals surface area contributed by atoms with E-state index < -0.39 is 11.9 Å². The molecule has 1 N–H and O–H groups in total. The van der Waals surface area contributed by atoms with Crippen LogP contribution in [-0.4, -0.2) is 33.3 Å². The summed E-state index contributed by atoms with van der Waals surface area (Å²) in [4.78, 5) is 14.4. The van der Waals surface area contributed by atoms with Gasteiger partial charge in [-0.25, -0.2) is 9.18 Å². The predicted molar refractivity (Wildman–Crippen MR) is 94.8 cm³/mol. The first kappa shape index (κ1) is 20.2. The smallest absolute Gasteiger partial charge is 0.334 e. The van der Waals surface area contributed by atoms with E-state index in [0.717, 1.165) is 37.3 Å². The van der Waals surface area contributed by atoms with E-state index in [1.54, 1.807) is 17.0 Å². The Morgan fingerprint density at radius 2 is 1.86 bits per heavy atom. The van der Waals surface area contributed by atoms with Crippen molar-refractivity contribution in [3.8, 4) is 0 Å². The van der Waals surface area contributed by atoms with Gasteiger partial charge in [-0.1, -0.05) is 25.0 Å². The first-order valence-electron chi connectivity index (χ1n) is 9.22. The zero-order valence-electron chi connectivity index (χ0n) is 15.3. The summed E-state index contributed by atoms with van der Waals surface area (Å²) in [6.07, 6.45) is 0.571. The van der Waals surface area contributed by atoms with Gasteiger partial charge in [0.25, 0.3) is 0 Å². The molecule has 0 saturated heterocycles. The Bertz CT molecular complexity index is 782. The molecule has 1 saturated carbocycles. The SMILES string of the molecule is O=C(NCc1ccc(F)cc1)N(CCn1ccc(C(F)(F)F)n1)C1CCCC1. The van der Waals surface area contributed by atoms with E-state index in [-0.39, 0.29) is 37.5 Å². The van der Waals surface area contributed by atoms with Gasteiger partial charge in [-0.15, -0.1) is 0 Å². The van der Waals surface area contributed by atoms with Crippen LogP contribution in [0.4, 0.5) is 22.4 Å². The second-order valence-corrected chi connectivity index (χ2v) is 6.88. The molecule has 28 heavy (non-hydrogen) atoms. The average molecular weight is 398 g/mol. The molecule has 1 aliphatic rings. The van der Waals surface area contributed by atoms with E-state index in [9.17, 15) is 22.4 Å². The highest BCUT2D eigenvalue weighted by molar-refractivity contribution is 5.74. The Morgan fingerprint density at radius 3 is 2.46 bits per heavy atom. The van der Waals surface area contributed by atoms with Gasteiger partial charge in [0.1, 0.15) is 5.82 Å². The second-order valence-electron chi connectivity index (χ2n) is 6.88. The standard InChI is InChI=1S/C19H22F4N4O/c20-15-7-5-14(6-8-15)13-24-18(28)27(16-3-1-2-4-16)12-11-26-10-9-17(25-26)19(21,22)23/h5-10,16H,1-4,11-13H2,(H,24,28). The van der Waals surface area contributed by atoms with Gasteiger partial charge in [0, 0.05) is 25.3 Å². The van der Waals surface area contributed by atoms with Crippen LogP contribution in [0.15, 0.2) is 36.5 Å². The Morgan fingerprint density at radius 1 is 1.18 bits per heavy atom. The Kier molecular flexibility index (Phi) is 6.21. The number of carbonyl (C=O) groups is 1. The fourth-order valence-corrected chi connectivity index (χ4v) is 3.39. The van der Waals surface area contributed by atoms with Crippen molar-refractivity contribution in [3.63, 3.8) is 0 Å². The number of hydrogen-bond donors (Lipinski definition) is 1. The summed E-state index contributed by atoms with van der Waals surface area (Å²) in [5.74, 6) is -0.347. The van der Waals surface area contributed by atoms with E-state index in [1.807, 2.05) is 0 Å². The van der Waals surface area contributed by atoms with Gasteiger partial charge in [-0.2, -0.15) is 18.3 Å². The summed E-state index contributed by atoms with van der Waals surface area (Å²) in [5.41, 5.74) is -0.177. The van der Waals surface area contributed by atoms with Gasteiger partial charge in [0.15, 0.2) is 5.69 Å². The Hall–Kier alpha value is -2.58. The molecule has 1 aliphatic carbocycles. The van der Waals surface area contributed by atoms with Gasteiger partial charge >= 0.3 is 12.2 Å². The lowest BCUT2D eigenvalue weighted by molar-refractivity contribution is -0.141. The topological polar surface area (TPSA) is 50.2 Å². The third-order valence-electron chi connectivity index (χ3n) is 4.88. The van der Waals surface area contributed by atoms with E-state index in [1.165, 1.54) is 23.0 Å². The van der Waals surface area contributed by atoms with Crippen LogP contribution in [0.3, 0.4) is 0 Å². The first-order chi connectivity index (χ1) is 13.3. The van der Waals surface area contributed by atoms with Crippen molar-refractivity contribution in [2.75, 3.05) is 6.54 Å². The second kappa shape index (κ2) is 8.62. The molecular formula is C19H22F4N4O. The minimum atomic E-state index is -4.48. The van der Waals surface area contributed by atoms with Crippen LogP contribution < -0.4 is 5.32 Å². The number of halogens is 4. The van der Waals surface area contributed by atoms with E-state index >= 15 is 0 Å². The zero-order valence-corrected chi connectivity index (χ0v) is 15.3. The molecule has 2 aromatic rings. The molecule has 0 radical (unpaired) electrons. The van der Waals surface area contributed by atoms with Crippen molar-refractivity contribution in [2.45, 2.75) is 51.0 Å². The molecule has 0 spiro atoms. The molecule has 1 aromatic carbocycles. The number of alkyl halides is 3. The monoisotopic (exact) mass is 398 g/mol. The Labute approximate surface area is 160 Å². The number of amides is 2. The number of carbonyl (C=O) groups excluding carboxylic acids is 1. The van der Waals surface area contributed by atoms with Crippen LogP contribution in [0, 0.1) is 5.82 Å². The Balaban J connectivity index is 1.60. The van der Waals surface area contributed by atoms with Crippen molar-refractivity contribution in [3.05, 3.63) is 53.6 Å². The van der Waals surface area contributed by atoms with E-state index in [0.29, 0.717) is 0 Å². The number of urea groups is 1. The molecule has 2 amide bonds. The molecule has 9 heteroatoms. The maximum atomic E-state index is 13.0. The molecule has 1 heterocycles. The summed E-state index contributed by atoms with van der Waals surface area (Å²) in [6.45, 7) is 0.692. The molecule has 5 nitrogen and oxygen atoms in total. The third kappa shape index (κ3) is 5.24. The molecule has 1 fully saturated rings. The molecule has 0 bridgehead atoms. The molecule has 0 aliphatic heterocycles. The molecule has 1 aromatic heterocycles. The summed E-state index contributed by atoms with van der Waals surface area (Å²) in [6, 6.07) is 6.55. The van der Waals surface area contributed by atoms with Crippen LogP contribution in [0.25, 0.3) is 0 Å². The highest BCUT2D eigenvalue weighted by atomic mass is 19.4. The van der Waals surface area contributed by atoms with Crippen LogP contribution in [0.1, 0.15) is 36.9 Å². The molecule has 3 rings (SSSR count). The number of aromatic nitrogens is 2. The van der Waals surface area contributed by atoms with Crippen molar-refractivity contribution >= 4 is 6.03 Å². The van der Waals surface area contributed by atoms with Crippen molar-refractivity contribution in [1.29, 1.82) is 0 Å². The molecular weight excluding hydrogens is 376 g/mol. The van der Waals surface area contributed by atoms with Gasteiger partial charge in [0.05, 0.1) is 6.54 Å². The average Bonchev–Trinajstić information content (AvgIpc) is 3.33. The number of nitrogens with one attached hydrogen (secondary N) is 1. The fraction of sp³-hybridized carbons (Fsp3) is 0.474. The summed E-state index contributed by atoms with van der Waals surface area (Å²) in [7, 11) is 0. The summed E-state index contributed by atoms with van der Waals surface area (Å²) in [5, 5.41) is 6.36. The van der Waals surface area contributed by atoms with Crippen LogP contribution in [0.5, 0.6) is 0 Å². The third-order valence-corrected chi connectivity index (χ3v) is 4.88. The molecule has 152 valence electrons. The van der Waals surface area contributed by atoms with Crippen molar-refractivity contribution < 1.29 is 22.4 Å². The zero-order chi connectivity index (χ0) is 20.1. The lowest BCUT2D eigenvalue weighted by Gasteiger charge is -2.29. The van der Waals surface area contributed by atoms with Gasteiger partial charge in [-0.05, 0) is 36.6 Å². The number of hydrogen-bond acceptors (Lipinski definition) is 2. The fourth-order valence-electron chi connectivity index (χ4n) is 3.39.